The van der Waals surface area contributed by atoms with Crippen molar-refractivity contribution >= 4 is 21.8 Å². The Morgan fingerprint density at radius 3 is 2.64 bits per heavy atom. The molecule has 11 heavy (non-hydrogen) atoms. The molecule has 1 amide bonds. The molecule has 0 aliphatic carbocycles. The molecule has 0 bridgehead atoms. The molecule has 3 heteroatoms. The number of hydrogen-bond donors (Lipinski definition) is 1. The first-order valence-corrected chi connectivity index (χ1v) is 4.36. The van der Waals surface area contributed by atoms with Crippen LogP contribution in [0, 0.1) is 18.3 Å². The summed E-state index contributed by atoms with van der Waals surface area (Å²) in [6.45, 7) is 4.23. The average molecular weight is 218 g/mol. The van der Waals surface area contributed by atoms with E-state index in [0.29, 0.717) is 6.54 Å². The van der Waals surface area contributed by atoms with Gasteiger partial charge in [-0.3, -0.25) is 4.79 Å². The monoisotopic (exact) mass is 217 g/mol. The zero-order valence-corrected chi connectivity index (χ0v) is 8.31. The third-order valence-corrected chi connectivity index (χ3v) is 2.67. The number of carbonyl (C=O) groups excluding carboxylic acids is 1. The molecule has 0 heterocycles. The van der Waals surface area contributed by atoms with Crippen LogP contribution in [0.1, 0.15) is 13.8 Å². The molecular weight excluding hydrogens is 206 g/mol. The Kier molecular flexibility index (Phi) is 4.97. The topological polar surface area (TPSA) is 29.1 Å². The highest BCUT2D eigenvalue weighted by Crippen LogP contribution is 2.11. The highest BCUT2D eigenvalue weighted by molar-refractivity contribution is 9.10. The molecule has 2 nitrogen and oxygen atoms in total. The van der Waals surface area contributed by atoms with Gasteiger partial charge in [0.25, 0.3) is 0 Å². The Bertz CT molecular complexity index is 171. The van der Waals surface area contributed by atoms with Crippen LogP contribution in [0.25, 0.3) is 0 Å². The van der Waals surface area contributed by atoms with Crippen LogP contribution >= 0.6 is 15.9 Å². The van der Waals surface area contributed by atoms with Crippen molar-refractivity contribution in [2.75, 3.05) is 6.54 Å². The van der Waals surface area contributed by atoms with Gasteiger partial charge in [0.15, 0.2) is 0 Å². The number of terminal acetylenes is 1. The van der Waals surface area contributed by atoms with Crippen LogP contribution in [0.15, 0.2) is 0 Å². The number of carbonyl (C=O) groups is 1. The molecule has 0 aromatic carbocycles. The molecule has 0 rings (SSSR count). The molecule has 0 spiro atoms. The summed E-state index contributed by atoms with van der Waals surface area (Å²) in [6, 6.07) is 0. The van der Waals surface area contributed by atoms with Crippen LogP contribution in [0.3, 0.4) is 0 Å². The minimum atomic E-state index is -0.143. The molecule has 1 atom stereocenters. The molecule has 0 saturated heterocycles. The Morgan fingerprint density at radius 2 is 2.27 bits per heavy atom. The van der Waals surface area contributed by atoms with E-state index in [1.807, 2.05) is 13.8 Å². The zero-order valence-electron chi connectivity index (χ0n) is 6.73. The summed E-state index contributed by atoms with van der Waals surface area (Å²) in [4.78, 5) is 10.9. The van der Waals surface area contributed by atoms with Crippen LogP contribution in [0.2, 0.25) is 0 Å². The summed E-state index contributed by atoms with van der Waals surface area (Å²) in [5, 5.41) is 2.59. The van der Waals surface area contributed by atoms with Gasteiger partial charge in [0.1, 0.15) is 0 Å². The van der Waals surface area contributed by atoms with Crippen molar-refractivity contribution < 1.29 is 4.79 Å². The quantitative estimate of drug-likeness (QED) is 0.558. The third-order valence-electron chi connectivity index (χ3n) is 1.20. The highest BCUT2D eigenvalue weighted by atomic mass is 79.9. The molecule has 62 valence electrons. The van der Waals surface area contributed by atoms with E-state index >= 15 is 0 Å². The Morgan fingerprint density at radius 1 is 1.73 bits per heavy atom. The van der Waals surface area contributed by atoms with Gasteiger partial charge in [-0.15, -0.1) is 6.42 Å². The fraction of sp³-hybridized carbons (Fsp3) is 0.625. The fourth-order valence-corrected chi connectivity index (χ4v) is 0.700. The van der Waals surface area contributed by atoms with E-state index < -0.39 is 0 Å². The summed E-state index contributed by atoms with van der Waals surface area (Å²) < 4.78 is 0. The number of halogens is 1. The Labute approximate surface area is 75.9 Å². The first kappa shape index (κ1) is 10.5. The standard InChI is InChI=1S/C8H12BrNO/c1-4-5-10-8(11)7(9)6(2)3/h1,6-7H,5H2,2-3H3,(H,10,11). The fourth-order valence-electron chi connectivity index (χ4n) is 0.538. The lowest BCUT2D eigenvalue weighted by molar-refractivity contribution is -0.120. The van der Waals surface area contributed by atoms with Crippen molar-refractivity contribution in [3.8, 4) is 12.3 Å². The van der Waals surface area contributed by atoms with Crippen molar-refractivity contribution in [3.63, 3.8) is 0 Å². The van der Waals surface area contributed by atoms with Crippen LogP contribution < -0.4 is 5.32 Å². The van der Waals surface area contributed by atoms with Crippen LogP contribution in [-0.4, -0.2) is 17.3 Å². The van der Waals surface area contributed by atoms with Gasteiger partial charge in [-0.25, -0.2) is 0 Å². The molecule has 1 N–H and O–H groups in total. The molecule has 1 unspecified atom stereocenters. The van der Waals surface area contributed by atoms with Crippen molar-refractivity contribution in [2.45, 2.75) is 18.7 Å². The second-order valence-electron chi connectivity index (χ2n) is 2.57. The number of nitrogens with one attached hydrogen (secondary N) is 1. The summed E-state index contributed by atoms with van der Waals surface area (Å²) in [5.41, 5.74) is 0. The number of amides is 1. The first-order valence-electron chi connectivity index (χ1n) is 3.44. The number of alkyl halides is 1. The molecule has 0 aromatic heterocycles. The van der Waals surface area contributed by atoms with E-state index in [0.717, 1.165) is 0 Å². The maximum absolute atomic E-state index is 11.1. The van der Waals surface area contributed by atoms with Crippen molar-refractivity contribution in [1.29, 1.82) is 0 Å². The van der Waals surface area contributed by atoms with Gasteiger partial charge in [0, 0.05) is 0 Å². The lowest BCUT2D eigenvalue weighted by atomic mass is 10.1. The molecular formula is C8H12BrNO. The van der Waals surface area contributed by atoms with Crippen molar-refractivity contribution in [2.24, 2.45) is 5.92 Å². The predicted molar refractivity (Wildman–Crippen MR) is 49.4 cm³/mol. The summed E-state index contributed by atoms with van der Waals surface area (Å²) in [6.07, 6.45) is 4.97. The Hall–Kier alpha value is -0.490. The van der Waals surface area contributed by atoms with E-state index in [-0.39, 0.29) is 16.7 Å². The van der Waals surface area contributed by atoms with Crippen LogP contribution in [-0.2, 0) is 4.79 Å². The van der Waals surface area contributed by atoms with E-state index in [2.05, 4.69) is 27.2 Å². The summed E-state index contributed by atoms with van der Waals surface area (Å²) >= 11 is 3.26. The molecule has 0 radical (unpaired) electrons. The van der Waals surface area contributed by atoms with Crippen LogP contribution in [0.4, 0.5) is 0 Å². The smallest absolute Gasteiger partial charge is 0.234 e. The third kappa shape index (κ3) is 4.05. The largest absolute Gasteiger partial charge is 0.344 e. The highest BCUT2D eigenvalue weighted by Gasteiger charge is 2.17. The molecule has 0 aromatic rings. The summed E-state index contributed by atoms with van der Waals surface area (Å²) in [7, 11) is 0. The van der Waals surface area contributed by atoms with Gasteiger partial charge in [-0.1, -0.05) is 35.7 Å². The number of rotatable bonds is 3. The maximum Gasteiger partial charge on any atom is 0.234 e. The van der Waals surface area contributed by atoms with Gasteiger partial charge in [-0.2, -0.15) is 0 Å². The van der Waals surface area contributed by atoms with Crippen LogP contribution in [0.5, 0.6) is 0 Å². The molecule has 0 saturated carbocycles. The minimum Gasteiger partial charge on any atom is -0.344 e. The van der Waals surface area contributed by atoms with Gasteiger partial charge in [-0.05, 0) is 5.92 Å². The van der Waals surface area contributed by atoms with E-state index in [1.54, 1.807) is 0 Å². The minimum absolute atomic E-state index is 0.0436. The first-order chi connectivity index (χ1) is 5.09. The van der Waals surface area contributed by atoms with Gasteiger partial charge < -0.3 is 5.32 Å². The van der Waals surface area contributed by atoms with E-state index in [9.17, 15) is 4.79 Å². The molecule has 0 aliphatic heterocycles. The van der Waals surface area contributed by atoms with Crippen molar-refractivity contribution in [1.82, 2.24) is 5.32 Å². The average Bonchev–Trinajstić information content (AvgIpc) is 1.98. The maximum atomic E-state index is 11.1. The summed E-state index contributed by atoms with van der Waals surface area (Å²) in [5.74, 6) is 2.58. The second-order valence-corrected chi connectivity index (χ2v) is 3.55. The molecule has 0 aliphatic rings. The zero-order chi connectivity index (χ0) is 8.85. The van der Waals surface area contributed by atoms with Crippen molar-refractivity contribution in [3.05, 3.63) is 0 Å². The Balaban J connectivity index is 3.76. The van der Waals surface area contributed by atoms with E-state index in [4.69, 9.17) is 6.42 Å². The predicted octanol–water partition coefficient (Wildman–Crippen LogP) is 1.16. The van der Waals surface area contributed by atoms with Gasteiger partial charge in [0.2, 0.25) is 5.91 Å². The normalized spacial score (nSPS) is 12.3. The lowest BCUT2D eigenvalue weighted by Gasteiger charge is -2.11. The van der Waals surface area contributed by atoms with Gasteiger partial charge >= 0.3 is 0 Å². The van der Waals surface area contributed by atoms with Gasteiger partial charge in [0.05, 0.1) is 11.4 Å². The SMILES string of the molecule is C#CCNC(=O)C(Br)C(C)C. The number of hydrogen-bond acceptors (Lipinski definition) is 1. The lowest BCUT2D eigenvalue weighted by Crippen LogP contribution is -2.34. The van der Waals surface area contributed by atoms with E-state index in [1.165, 1.54) is 0 Å². The second kappa shape index (κ2) is 5.20. The molecule has 0 fully saturated rings.